The summed E-state index contributed by atoms with van der Waals surface area (Å²) in [6.45, 7) is 4.41. The maximum Gasteiger partial charge on any atom is 0.274 e. The number of likely N-dealkylation sites (tertiary alicyclic amines) is 1. The summed E-state index contributed by atoms with van der Waals surface area (Å²) in [5, 5.41) is 11.4. The molecule has 0 unspecified atom stereocenters. The van der Waals surface area contributed by atoms with E-state index in [-0.39, 0.29) is 11.3 Å². The number of anilines is 1. The number of carbonyl (C=O) groups is 1. The summed E-state index contributed by atoms with van der Waals surface area (Å²) in [6.07, 6.45) is 7.31. The van der Waals surface area contributed by atoms with Crippen molar-refractivity contribution in [3.8, 4) is 0 Å². The molecule has 4 heterocycles. The van der Waals surface area contributed by atoms with Crippen molar-refractivity contribution in [1.82, 2.24) is 24.6 Å². The summed E-state index contributed by atoms with van der Waals surface area (Å²) in [5.41, 5.74) is 4.52. The molecule has 182 valence electrons. The number of hydrogen-bond donors (Lipinski definition) is 1. The smallest absolute Gasteiger partial charge is 0.274 e. The van der Waals surface area contributed by atoms with Crippen LogP contribution in [0.4, 0.5) is 5.69 Å². The molecule has 1 amide bonds. The van der Waals surface area contributed by atoms with Gasteiger partial charge in [0.05, 0.1) is 13.2 Å². The lowest BCUT2D eigenvalue weighted by atomic mass is 9.75. The number of hydrogen-bond acceptors (Lipinski definition) is 6. The number of aromatic nitrogens is 4. The van der Waals surface area contributed by atoms with Crippen molar-refractivity contribution in [3.63, 3.8) is 0 Å². The molecule has 8 nitrogen and oxygen atoms in total. The lowest BCUT2D eigenvalue weighted by molar-refractivity contribution is -0.0610. The van der Waals surface area contributed by atoms with E-state index in [0.29, 0.717) is 24.8 Å². The number of pyridine rings is 1. The topological polar surface area (TPSA) is 85.2 Å². The van der Waals surface area contributed by atoms with Crippen molar-refractivity contribution in [2.45, 2.75) is 50.0 Å². The Kier molecular flexibility index (Phi) is 5.86. The second-order valence-electron chi connectivity index (χ2n) is 10.4. The Bertz CT molecular complexity index is 1220. The first-order valence-corrected chi connectivity index (χ1v) is 12.6. The SMILES string of the molecule is Cn1cnnc1CC1(c2cccc(NC(=O)c3cc(CN4CCCC4)cc(C4CC4)n3)c2)COC1. The van der Waals surface area contributed by atoms with E-state index in [0.717, 1.165) is 48.8 Å². The normalized spacial score (nSPS) is 19.5. The lowest BCUT2D eigenvalue weighted by Crippen LogP contribution is -2.49. The predicted octanol–water partition coefficient (Wildman–Crippen LogP) is 3.45. The Balaban J connectivity index is 1.22. The summed E-state index contributed by atoms with van der Waals surface area (Å²) >= 11 is 0. The number of amides is 1. The molecule has 2 aliphatic heterocycles. The molecule has 2 saturated heterocycles. The second-order valence-corrected chi connectivity index (χ2v) is 10.4. The fourth-order valence-electron chi connectivity index (χ4n) is 5.22. The van der Waals surface area contributed by atoms with E-state index in [9.17, 15) is 4.79 Å². The number of ether oxygens (including phenoxy) is 1. The number of rotatable bonds is 8. The molecular weight excluding hydrogens is 440 g/mol. The molecule has 1 saturated carbocycles. The summed E-state index contributed by atoms with van der Waals surface area (Å²) < 4.78 is 7.57. The Morgan fingerprint density at radius 1 is 1.17 bits per heavy atom. The van der Waals surface area contributed by atoms with Crippen LogP contribution < -0.4 is 5.32 Å². The van der Waals surface area contributed by atoms with Gasteiger partial charge in [0, 0.05) is 42.7 Å². The quantitative estimate of drug-likeness (QED) is 0.541. The van der Waals surface area contributed by atoms with Gasteiger partial charge in [0.1, 0.15) is 17.8 Å². The van der Waals surface area contributed by atoms with Gasteiger partial charge in [-0.15, -0.1) is 10.2 Å². The molecule has 0 radical (unpaired) electrons. The van der Waals surface area contributed by atoms with Crippen LogP contribution in [0.25, 0.3) is 0 Å². The van der Waals surface area contributed by atoms with Gasteiger partial charge in [-0.05, 0) is 74.2 Å². The molecule has 3 aliphatic rings. The molecule has 1 N–H and O–H groups in total. The van der Waals surface area contributed by atoms with Gasteiger partial charge in [-0.3, -0.25) is 9.69 Å². The zero-order chi connectivity index (χ0) is 23.8. The Labute approximate surface area is 205 Å². The van der Waals surface area contributed by atoms with Crippen LogP contribution in [0.3, 0.4) is 0 Å². The third-order valence-corrected chi connectivity index (χ3v) is 7.53. The third kappa shape index (κ3) is 4.73. The van der Waals surface area contributed by atoms with Gasteiger partial charge in [0.25, 0.3) is 5.91 Å². The first kappa shape index (κ1) is 22.4. The summed E-state index contributed by atoms with van der Waals surface area (Å²) in [5.74, 6) is 1.27. The van der Waals surface area contributed by atoms with Gasteiger partial charge in [-0.1, -0.05) is 12.1 Å². The van der Waals surface area contributed by atoms with Gasteiger partial charge in [0.2, 0.25) is 0 Å². The number of aryl methyl sites for hydroxylation is 1. The zero-order valence-corrected chi connectivity index (χ0v) is 20.2. The molecule has 1 aromatic carbocycles. The molecule has 1 aliphatic carbocycles. The largest absolute Gasteiger partial charge is 0.379 e. The van der Waals surface area contributed by atoms with Gasteiger partial charge in [-0.2, -0.15) is 0 Å². The monoisotopic (exact) mass is 472 g/mol. The molecule has 2 aromatic heterocycles. The molecule has 6 rings (SSSR count). The van der Waals surface area contributed by atoms with E-state index in [1.54, 1.807) is 6.33 Å². The van der Waals surface area contributed by atoms with Crippen LogP contribution in [-0.2, 0) is 30.2 Å². The van der Waals surface area contributed by atoms with Crippen molar-refractivity contribution in [1.29, 1.82) is 0 Å². The highest BCUT2D eigenvalue weighted by atomic mass is 16.5. The first-order chi connectivity index (χ1) is 17.1. The van der Waals surface area contributed by atoms with Gasteiger partial charge in [-0.25, -0.2) is 4.98 Å². The Morgan fingerprint density at radius 2 is 2.00 bits per heavy atom. The van der Waals surface area contributed by atoms with Crippen LogP contribution >= 0.6 is 0 Å². The van der Waals surface area contributed by atoms with Crippen LogP contribution in [0.1, 0.15) is 64.7 Å². The minimum absolute atomic E-state index is 0.153. The van der Waals surface area contributed by atoms with E-state index in [2.05, 4.69) is 38.6 Å². The van der Waals surface area contributed by atoms with Gasteiger partial charge in [0.15, 0.2) is 0 Å². The average Bonchev–Trinajstić information content (AvgIpc) is 3.43. The Morgan fingerprint density at radius 3 is 2.69 bits per heavy atom. The highest BCUT2D eigenvalue weighted by molar-refractivity contribution is 6.03. The number of nitrogens with zero attached hydrogens (tertiary/aromatic N) is 5. The lowest BCUT2D eigenvalue weighted by Gasteiger charge is -2.41. The fourth-order valence-corrected chi connectivity index (χ4v) is 5.22. The van der Waals surface area contributed by atoms with Crippen molar-refractivity contribution < 1.29 is 9.53 Å². The molecule has 0 atom stereocenters. The van der Waals surface area contributed by atoms with Crippen LogP contribution in [-0.4, -0.2) is 56.9 Å². The minimum atomic E-state index is -0.158. The van der Waals surface area contributed by atoms with E-state index in [1.807, 2.05) is 29.8 Å². The maximum atomic E-state index is 13.3. The van der Waals surface area contributed by atoms with Crippen molar-refractivity contribution in [2.24, 2.45) is 7.05 Å². The maximum absolute atomic E-state index is 13.3. The highest BCUT2D eigenvalue weighted by Crippen LogP contribution is 2.40. The molecular formula is C27H32N6O2. The number of benzene rings is 1. The molecule has 0 spiro atoms. The first-order valence-electron chi connectivity index (χ1n) is 12.6. The summed E-state index contributed by atoms with van der Waals surface area (Å²) in [7, 11) is 1.96. The van der Waals surface area contributed by atoms with Crippen molar-refractivity contribution in [3.05, 3.63) is 71.1 Å². The third-order valence-electron chi connectivity index (χ3n) is 7.53. The zero-order valence-electron chi connectivity index (χ0n) is 20.2. The summed E-state index contributed by atoms with van der Waals surface area (Å²) in [6, 6.07) is 12.3. The van der Waals surface area contributed by atoms with E-state index in [1.165, 1.54) is 31.2 Å². The van der Waals surface area contributed by atoms with Crippen LogP contribution in [0, 0.1) is 0 Å². The van der Waals surface area contributed by atoms with Crippen LogP contribution in [0.2, 0.25) is 0 Å². The fraction of sp³-hybridized carbons (Fsp3) is 0.481. The van der Waals surface area contributed by atoms with Crippen LogP contribution in [0.15, 0.2) is 42.7 Å². The molecule has 8 heteroatoms. The van der Waals surface area contributed by atoms with Gasteiger partial charge >= 0.3 is 0 Å². The second kappa shape index (κ2) is 9.17. The van der Waals surface area contributed by atoms with E-state index >= 15 is 0 Å². The molecule has 3 fully saturated rings. The standard InChI is InChI=1S/C27H32N6O2/c1-32-18-28-31-25(32)14-27(16-35-17-27)21-5-4-6-22(13-21)29-26(34)24-12-19(15-33-9-2-3-10-33)11-23(30-24)20-7-8-20/h4-6,11-13,18,20H,2-3,7-10,14-17H2,1H3,(H,29,34). The van der Waals surface area contributed by atoms with E-state index < -0.39 is 0 Å². The Hall–Kier alpha value is -3.10. The molecule has 3 aromatic rings. The highest BCUT2D eigenvalue weighted by Gasteiger charge is 2.41. The molecule has 0 bridgehead atoms. The van der Waals surface area contributed by atoms with Crippen molar-refractivity contribution >= 4 is 11.6 Å². The van der Waals surface area contributed by atoms with Crippen molar-refractivity contribution in [2.75, 3.05) is 31.6 Å². The number of carbonyl (C=O) groups excluding carboxylic acids is 1. The minimum Gasteiger partial charge on any atom is -0.379 e. The predicted molar refractivity (Wildman–Crippen MR) is 132 cm³/mol. The van der Waals surface area contributed by atoms with E-state index in [4.69, 9.17) is 9.72 Å². The molecule has 35 heavy (non-hydrogen) atoms. The number of nitrogens with one attached hydrogen (secondary N) is 1. The van der Waals surface area contributed by atoms with Gasteiger partial charge < -0.3 is 14.6 Å². The summed E-state index contributed by atoms with van der Waals surface area (Å²) in [4.78, 5) is 20.5. The average molecular weight is 473 g/mol. The van der Waals surface area contributed by atoms with Crippen LogP contribution in [0.5, 0.6) is 0 Å².